The average Bonchev–Trinajstić information content (AvgIpc) is 2.85. The maximum atomic E-state index is 12.4. The van der Waals surface area contributed by atoms with E-state index in [-0.39, 0.29) is 41.4 Å². The van der Waals surface area contributed by atoms with Crippen molar-refractivity contribution in [3.05, 3.63) is 29.3 Å². The highest BCUT2D eigenvalue weighted by atomic mass is 32.2. The normalized spacial score (nSPS) is 19.0. The number of benzene rings is 1. The summed E-state index contributed by atoms with van der Waals surface area (Å²) >= 11 is 0. The fraction of sp³-hybridized carbons (Fsp3) is 0.500. The number of sulfone groups is 1. The molecule has 0 aromatic heterocycles. The summed E-state index contributed by atoms with van der Waals surface area (Å²) in [4.78, 5) is 25.1. The Labute approximate surface area is 141 Å². The third-order valence-corrected chi connectivity index (χ3v) is 5.78. The van der Waals surface area contributed by atoms with Gasteiger partial charge in [-0.1, -0.05) is 6.07 Å². The summed E-state index contributed by atoms with van der Waals surface area (Å²) in [6.45, 7) is 3.62. The number of hydrogen-bond donors (Lipinski definition) is 1. The minimum absolute atomic E-state index is 0.0140. The van der Waals surface area contributed by atoms with Gasteiger partial charge in [0.15, 0.2) is 16.4 Å². The predicted molar refractivity (Wildman–Crippen MR) is 88.1 cm³/mol. The summed E-state index contributed by atoms with van der Waals surface area (Å²) in [6, 6.07) is 4.30. The van der Waals surface area contributed by atoms with E-state index in [4.69, 9.17) is 9.84 Å². The summed E-state index contributed by atoms with van der Waals surface area (Å²) in [5.41, 5.74) is 0.802. The van der Waals surface area contributed by atoms with Crippen LogP contribution in [-0.4, -0.2) is 61.0 Å². The number of amides is 1. The monoisotopic (exact) mass is 355 g/mol. The molecule has 1 aromatic carbocycles. The number of carbonyl (C=O) groups excluding carboxylic acids is 1. The summed E-state index contributed by atoms with van der Waals surface area (Å²) in [7, 11) is -3.09. The molecule has 1 aliphatic rings. The molecular formula is C16H21NO6S. The van der Waals surface area contributed by atoms with Crippen molar-refractivity contribution in [2.24, 2.45) is 0 Å². The van der Waals surface area contributed by atoms with Gasteiger partial charge in [-0.25, -0.2) is 13.2 Å². The molecule has 7 nitrogen and oxygen atoms in total. The second-order valence-electron chi connectivity index (χ2n) is 5.83. The molecule has 0 unspecified atom stereocenters. The number of aryl methyl sites for hydroxylation is 1. The summed E-state index contributed by atoms with van der Waals surface area (Å²) in [5.74, 6) is -1.30. The third-order valence-electron chi connectivity index (χ3n) is 4.03. The molecule has 1 atom stereocenters. The van der Waals surface area contributed by atoms with Crippen molar-refractivity contribution in [2.45, 2.75) is 26.3 Å². The minimum atomic E-state index is -3.09. The molecule has 1 amide bonds. The Balaban J connectivity index is 2.07. The lowest BCUT2D eigenvalue weighted by Gasteiger charge is -2.26. The van der Waals surface area contributed by atoms with Crippen molar-refractivity contribution in [2.75, 3.05) is 24.7 Å². The number of nitrogens with zero attached hydrogens (tertiary/aromatic N) is 1. The van der Waals surface area contributed by atoms with Crippen molar-refractivity contribution >= 4 is 21.7 Å². The molecule has 2 rings (SSSR count). The van der Waals surface area contributed by atoms with Crippen molar-refractivity contribution < 1.29 is 27.9 Å². The van der Waals surface area contributed by atoms with Crippen molar-refractivity contribution in [1.29, 1.82) is 0 Å². The number of ether oxygens (including phenoxy) is 1. The van der Waals surface area contributed by atoms with Gasteiger partial charge in [0, 0.05) is 12.6 Å². The van der Waals surface area contributed by atoms with Gasteiger partial charge in [0.1, 0.15) is 11.3 Å². The summed E-state index contributed by atoms with van der Waals surface area (Å²) < 4.78 is 28.6. The van der Waals surface area contributed by atoms with Crippen LogP contribution in [0.2, 0.25) is 0 Å². The first-order chi connectivity index (χ1) is 11.2. The number of aromatic carboxylic acids is 1. The maximum Gasteiger partial charge on any atom is 0.339 e. The molecule has 0 spiro atoms. The van der Waals surface area contributed by atoms with E-state index in [0.717, 1.165) is 5.56 Å². The molecule has 0 aliphatic carbocycles. The van der Waals surface area contributed by atoms with Gasteiger partial charge in [-0.15, -0.1) is 0 Å². The standard InChI is InChI=1S/C16H21NO6S/c1-3-17(12-6-7-24(21,22)10-12)15(18)9-23-14-8-11(2)4-5-13(14)16(19)20/h4-5,8,12H,3,6-7,9-10H2,1-2H3,(H,19,20)/t12-/m1/s1. The Morgan fingerprint density at radius 1 is 1.38 bits per heavy atom. The number of carbonyl (C=O) groups is 2. The molecule has 1 aliphatic heterocycles. The van der Waals surface area contributed by atoms with Gasteiger partial charge in [-0.05, 0) is 38.0 Å². The van der Waals surface area contributed by atoms with Crippen LogP contribution in [0.5, 0.6) is 5.75 Å². The molecule has 1 fully saturated rings. The van der Waals surface area contributed by atoms with Crippen LogP contribution in [0, 0.1) is 6.92 Å². The lowest BCUT2D eigenvalue weighted by atomic mass is 10.1. The number of carboxylic acid groups (broad SMARTS) is 1. The van der Waals surface area contributed by atoms with Gasteiger partial charge in [0.25, 0.3) is 5.91 Å². The van der Waals surface area contributed by atoms with Gasteiger partial charge in [-0.3, -0.25) is 4.79 Å². The predicted octanol–water partition coefficient (Wildman–Crippen LogP) is 1.11. The maximum absolute atomic E-state index is 12.4. The second-order valence-corrected chi connectivity index (χ2v) is 8.06. The molecule has 1 heterocycles. The Morgan fingerprint density at radius 2 is 2.08 bits per heavy atom. The van der Waals surface area contributed by atoms with E-state index in [0.29, 0.717) is 13.0 Å². The van der Waals surface area contributed by atoms with Gasteiger partial charge in [0.2, 0.25) is 0 Å². The zero-order valence-corrected chi connectivity index (χ0v) is 14.5. The molecule has 24 heavy (non-hydrogen) atoms. The fourth-order valence-corrected chi connectivity index (χ4v) is 4.54. The highest BCUT2D eigenvalue weighted by Crippen LogP contribution is 2.21. The fourth-order valence-electron chi connectivity index (χ4n) is 2.81. The molecule has 132 valence electrons. The average molecular weight is 355 g/mol. The zero-order chi connectivity index (χ0) is 17.9. The highest BCUT2D eigenvalue weighted by molar-refractivity contribution is 7.91. The van der Waals surface area contributed by atoms with Crippen LogP contribution in [0.3, 0.4) is 0 Å². The largest absolute Gasteiger partial charge is 0.483 e. The lowest BCUT2D eigenvalue weighted by molar-refractivity contribution is -0.135. The first-order valence-electron chi connectivity index (χ1n) is 7.70. The van der Waals surface area contributed by atoms with E-state index in [2.05, 4.69) is 0 Å². The van der Waals surface area contributed by atoms with Crippen molar-refractivity contribution in [1.82, 2.24) is 4.90 Å². The van der Waals surface area contributed by atoms with Crippen molar-refractivity contribution in [3.63, 3.8) is 0 Å². The molecule has 1 N–H and O–H groups in total. The van der Waals surface area contributed by atoms with E-state index in [9.17, 15) is 18.0 Å². The van der Waals surface area contributed by atoms with Crippen LogP contribution in [0.25, 0.3) is 0 Å². The first-order valence-corrected chi connectivity index (χ1v) is 9.52. The quantitative estimate of drug-likeness (QED) is 0.820. The smallest absolute Gasteiger partial charge is 0.339 e. The molecular weight excluding hydrogens is 334 g/mol. The highest BCUT2D eigenvalue weighted by Gasteiger charge is 2.34. The van der Waals surface area contributed by atoms with E-state index >= 15 is 0 Å². The SMILES string of the molecule is CCN(C(=O)COc1cc(C)ccc1C(=O)O)[C@@H]1CCS(=O)(=O)C1. The number of hydrogen-bond acceptors (Lipinski definition) is 5. The van der Waals surface area contributed by atoms with Crippen LogP contribution in [-0.2, 0) is 14.6 Å². The Hall–Kier alpha value is -2.09. The molecule has 0 radical (unpaired) electrons. The Bertz CT molecular complexity index is 743. The van der Waals surface area contributed by atoms with Gasteiger partial charge < -0.3 is 14.7 Å². The topological polar surface area (TPSA) is 101 Å². The van der Waals surface area contributed by atoms with E-state index < -0.39 is 15.8 Å². The van der Waals surface area contributed by atoms with Gasteiger partial charge in [-0.2, -0.15) is 0 Å². The van der Waals surface area contributed by atoms with Crippen LogP contribution in [0.1, 0.15) is 29.3 Å². The van der Waals surface area contributed by atoms with Crippen LogP contribution >= 0.6 is 0 Å². The number of likely N-dealkylation sites (N-methyl/N-ethyl adjacent to an activating group) is 1. The molecule has 1 aromatic rings. The summed E-state index contributed by atoms with van der Waals surface area (Å²) in [6.07, 6.45) is 0.423. The van der Waals surface area contributed by atoms with E-state index in [1.54, 1.807) is 26.0 Å². The minimum Gasteiger partial charge on any atom is -0.483 e. The second kappa shape index (κ2) is 7.21. The Kier molecular flexibility index (Phi) is 5.48. The zero-order valence-electron chi connectivity index (χ0n) is 13.7. The van der Waals surface area contributed by atoms with Crippen LogP contribution in [0.15, 0.2) is 18.2 Å². The first kappa shape index (κ1) is 18.3. The molecule has 8 heteroatoms. The molecule has 0 bridgehead atoms. The van der Waals surface area contributed by atoms with Crippen LogP contribution in [0.4, 0.5) is 0 Å². The van der Waals surface area contributed by atoms with Gasteiger partial charge in [0.05, 0.1) is 11.5 Å². The number of rotatable bonds is 6. The molecule has 0 saturated carbocycles. The van der Waals surface area contributed by atoms with Gasteiger partial charge >= 0.3 is 5.97 Å². The lowest BCUT2D eigenvalue weighted by Crippen LogP contribution is -2.43. The summed E-state index contributed by atoms with van der Waals surface area (Å²) in [5, 5.41) is 9.17. The van der Waals surface area contributed by atoms with Crippen molar-refractivity contribution in [3.8, 4) is 5.75 Å². The van der Waals surface area contributed by atoms with Crippen LogP contribution < -0.4 is 4.74 Å². The van der Waals surface area contributed by atoms with E-state index in [1.165, 1.54) is 11.0 Å². The molecule has 1 saturated heterocycles. The number of carboxylic acids is 1. The Morgan fingerprint density at radius 3 is 2.62 bits per heavy atom. The van der Waals surface area contributed by atoms with E-state index in [1.807, 2.05) is 0 Å². The third kappa shape index (κ3) is 4.25.